The molecule has 0 bridgehead atoms. The largest absolute Gasteiger partial charge is 0.496 e. The van der Waals surface area contributed by atoms with E-state index >= 15 is 0 Å². The number of rotatable bonds is 3. The summed E-state index contributed by atoms with van der Waals surface area (Å²) in [6.07, 6.45) is 0. The van der Waals surface area contributed by atoms with Crippen LogP contribution in [-0.2, 0) is 0 Å². The molecule has 2 rings (SSSR count). The summed E-state index contributed by atoms with van der Waals surface area (Å²) in [6, 6.07) is 7.19. The van der Waals surface area contributed by atoms with Crippen molar-refractivity contribution < 1.29 is 14.6 Å². The van der Waals surface area contributed by atoms with Gasteiger partial charge in [0.1, 0.15) is 12.4 Å². The van der Waals surface area contributed by atoms with Crippen LogP contribution in [0.3, 0.4) is 0 Å². The second kappa shape index (κ2) is 6.93. The molecule has 0 saturated heterocycles. The van der Waals surface area contributed by atoms with E-state index in [-0.39, 0.29) is 12.5 Å². The molecular formula is C16H15NO3S. The lowest BCUT2D eigenvalue weighted by molar-refractivity contribution is 0.103. The van der Waals surface area contributed by atoms with Gasteiger partial charge in [0.25, 0.3) is 5.91 Å². The van der Waals surface area contributed by atoms with Crippen LogP contribution in [0.25, 0.3) is 0 Å². The zero-order chi connectivity index (χ0) is 15.2. The molecule has 0 aliphatic carbocycles. The molecule has 2 N–H and O–H groups in total. The van der Waals surface area contributed by atoms with Gasteiger partial charge in [0.15, 0.2) is 0 Å². The van der Waals surface area contributed by atoms with E-state index in [4.69, 9.17) is 9.84 Å². The first-order valence-electron chi connectivity index (χ1n) is 6.28. The van der Waals surface area contributed by atoms with Gasteiger partial charge in [-0.25, -0.2) is 0 Å². The quantitative estimate of drug-likeness (QED) is 0.857. The zero-order valence-electron chi connectivity index (χ0n) is 11.8. The highest BCUT2D eigenvalue weighted by atomic mass is 32.1. The molecule has 0 aliphatic heterocycles. The van der Waals surface area contributed by atoms with E-state index in [1.165, 1.54) is 11.3 Å². The van der Waals surface area contributed by atoms with Gasteiger partial charge in [-0.1, -0.05) is 17.9 Å². The minimum absolute atomic E-state index is 0.187. The molecule has 1 aromatic carbocycles. The van der Waals surface area contributed by atoms with Crippen LogP contribution in [-0.4, -0.2) is 24.7 Å². The molecule has 2 aromatic rings. The summed E-state index contributed by atoms with van der Waals surface area (Å²) >= 11 is 1.32. The van der Waals surface area contributed by atoms with Crippen molar-refractivity contribution in [3.63, 3.8) is 0 Å². The highest BCUT2D eigenvalue weighted by Gasteiger charge is 2.10. The van der Waals surface area contributed by atoms with Crippen LogP contribution in [0.5, 0.6) is 5.75 Å². The normalized spacial score (nSPS) is 9.67. The molecule has 1 aromatic heterocycles. The summed E-state index contributed by atoms with van der Waals surface area (Å²) in [5.41, 5.74) is 2.44. The Morgan fingerprint density at radius 2 is 2.24 bits per heavy atom. The zero-order valence-corrected chi connectivity index (χ0v) is 12.6. The van der Waals surface area contributed by atoms with Crippen LogP contribution in [0.4, 0.5) is 5.69 Å². The topological polar surface area (TPSA) is 58.6 Å². The lowest BCUT2D eigenvalue weighted by Crippen LogP contribution is -2.10. The number of aliphatic hydroxyl groups is 1. The SMILES string of the molecule is COc1csc(C(=O)Nc2ccc(C)c(C#CCO)c2)c1. The average Bonchev–Trinajstić information content (AvgIpc) is 2.97. The standard InChI is InChI=1S/C16H15NO3S/c1-11-5-6-13(8-12(11)4-3-7-18)17-16(19)15-9-14(20-2)10-21-15/h5-6,8-10,18H,7H2,1-2H3,(H,17,19). The van der Waals surface area contributed by atoms with E-state index in [0.717, 1.165) is 11.1 Å². The van der Waals surface area contributed by atoms with Crippen molar-refractivity contribution in [1.29, 1.82) is 0 Å². The second-order valence-corrected chi connectivity index (χ2v) is 5.21. The monoisotopic (exact) mass is 301 g/mol. The Balaban J connectivity index is 2.17. The van der Waals surface area contributed by atoms with E-state index < -0.39 is 0 Å². The molecule has 1 heterocycles. The Morgan fingerprint density at radius 1 is 1.43 bits per heavy atom. The fourth-order valence-electron chi connectivity index (χ4n) is 1.71. The van der Waals surface area contributed by atoms with Crippen molar-refractivity contribution in [2.75, 3.05) is 19.0 Å². The molecule has 0 aliphatic rings. The fourth-order valence-corrected chi connectivity index (χ4v) is 2.46. The number of ether oxygens (including phenoxy) is 1. The van der Waals surface area contributed by atoms with E-state index in [9.17, 15) is 4.79 Å². The third-order valence-electron chi connectivity index (χ3n) is 2.83. The number of carbonyl (C=O) groups excluding carboxylic acids is 1. The number of aliphatic hydroxyl groups excluding tert-OH is 1. The van der Waals surface area contributed by atoms with Crippen LogP contribution in [0.15, 0.2) is 29.6 Å². The lowest BCUT2D eigenvalue weighted by atomic mass is 10.1. The van der Waals surface area contributed by atoms with Gasteiger partial charge in [-0.15, -0.1) is 11.3 Å². The van der Waals surface area contributed by atoms with Gasteiger partial charge in [-0.05, 0) is 24.6 Å². The van der Waals surface area contributed by atoms with Gasteiger partial charge in [0, 0.05) is 22.7 Å². The number of carbonyl (C=O) groups is 1. The molecule has 0 radical (unpaired) electrons. The van der Waals surface area contributed by atoms with Crippen molar-refractivity contribution in [1.82, 2.24) is 0 Å². The predicted octanol–water partition coefficient (Wildman–Crippen LogP) is 2.66. The minimum Gasteiger partial charge on any atom is -0.496 e. The second-order valence-electron chi connectivity index (χ2n) is 4.29. The Kier molecular flexibility index (Phi) is 4.99. The minimum atomic E-state index is -0.189. The van der Waals surface area contributed by atoms with E-state index in [2.05, 4.69) is 17.2 Å². The average molecular weight is 301 g/mol. The first-order valence-corrected chi connectivity index (χ1v) is 7.16. The summed E-state index contributed by atoms with van der Waals surface area (Å²) in [4.78, 5) is 12.7. The molecule has 0 unspecified atom stereocenters. The van der Waals surface area contributed by atoms with Crippen LogP contribution in [0, 0.1) is 18.8 Å². The van der Waals surface area contributed by atoms with Crippen LogP contribution in [0.2, 0.25) is 0 Å². The van der Waals surface area contributed by atoms with Crippen molar-refractivity contribution in [2.24, 2.45) is 0 Å². The van der Waals surface area contributed by atoms with Crippen molar-refractivity contribution >= 4 is 22.9 Å². The molecule has 1 amide bonds. The Hall–Kier alpha value is -2.29. The van der Waals surface area contributed by atoms with Crippen molar-refractivity contribution in [3.8, 4) is 17.6 Å². The summed E-state index contributed by atoms with van der Waals surface area (Å²) in [5.74, 6) is 5.95. The summed E-state index contributed by atoms with van der Waals surface area (Å²) in [6.45, 7) is 1.74. The molecule has 21 heavy (non-hydrogen) atoms. The number of hydrogen-bond donors (Lipinski definition) is 2. The molecule has 5 heteroatoms. The van der Waals surface area contributed by atoms with Crippen LogP contribution >= 0.6 is 11.3 Å². The highest BCUT2D eigenvalue weighted by Crippen LogP contribution is 2.22. The van der Waals surface area contributed by atoms with Gasteiger partial charge in [-0.3, -0.25) is 4.79 Å². The van der Waals surface area contributed by atoms with Gasteiger partial charge < -0.3 is 15.2 Å². The molecule has 4 nitrogen and oxygen atoms in total. The number of amides is 1. The first kappa shape index (κ1) is 15.1. The lowest BCUT2D eigenvalue weighted by Gasteiger charge is -2.06. The third kappa shape index (κ3) is 3.85. The Morgan fingerprint density at radius 3 is 2.90 bits per heavy atom. The van der Waals surface area contributed by atoms with Gasteiger partial charge in [-0.2, -0.15) is 0 Å². The summed E-state index contributed by atoms with van der Waals surface area (Å²) in [7, 11) is 1.57. The van der Waals surface area contributed by atoms with Crippen LogP contribution < -0.4 is 10.1 Å². The maximum Gasteiger partial charge on any atom is 0.265 e. The van der Waals surface area contributed by atoms with Gasteiger partial charge in [0.2, 0.25) is 0 Å². The molecule has 0 atom stereocenters. The third-order valence-corrected chi connectivity index (χ3v) is 3.74. The smallest absolute Gasteiger partial charge is 0.265 e. The van der Waals surface area contributed by atoms with Crippen molar-refractivity contribution in [3.05, 3.63) is 45.6 Å². The number of nitrogens with one attached hydrogen (secondary N) is 1. The Bertz CT molecular complexity index is 710. The molecule has 0 spiro atoms. The summed E-state index contributed by atoms with van der Waals surface area (Å²) in [5, 5.41) is 13.4. The highest BCUT2D eigenvalue weighted by molar-refractivity contribution is 7.12. The van der Waals surface area contributed by atoms with E-state index in [1.807, 2.05) is 19.1 Å². The number of aryl methyl sites for hydroxylation is 1. The Labute approximate surface area is 127 Å². The maximum atomic E-state index is 12.1. The molecule has 0 fully saturated rings. The van der Waals surface area contributed by atoms with Crippen LogP contribution in [0.1, 0.15) is 20.8 Å². The van der Waals surface area contributed by atoms with E-state index in [0.29, 0.717) is 16.3 Å². The molecule has 108 valence electrons. The van der Waals surface area contributed by atoms with E-state index in [1.54, 1.807) is 24.6 Å². The number of thiophene rings is 1. The number of methoxy groups -OCH3 is 1. The number of hydrogen-bond acceptors (Lipinski definition) is 4. The number of benzene rings is 1. The molecular weight excluding hydrogens is 286 g/mol. The number of anilines is 1. The fraction of sp³-hybridized carbons (Fsp3) is 0.188. The maximum absolute atomic E-state index is 12.1. The van der Waals surface area contributed by atoms with Gasteiger partial charge in [0.05, 0.1) is 12.0 Å². The molecule has 0 saturated carbocycles. The predicted molar refractivity (Wildman–Crippen MR) is 84.0 cm³/mol. The summed E-state index contributed by atoms with van der Waals surface area (Å²) < 4.78 is 5.06. The van der Waals surface area contributed by atoms with Crippen molar-refractivity contribution in [2.45, 2.75) is 6.92 Å². The first-order chi connectivity index (χ1) is 10.1. The van der Waals surface area contributed by atoms with Gasteiger partial charge >= 0.3 is 0 Å².